The number of rotatable bonds is 4. The summed E-state index contributed by atoms with van der Waals surface area (Å²) in [6.45, 7) is 2.06. The second-order valence-electron chi connectivity index (χ2n) is 10.2. The van der Waals surface area contributed by atoms with E-state index in [0.717, 1.165) is 25.2 Å². The maximum absolute atomic E-state index is 14.8. The molecule has 2 aromatic carbocycles. The lowest BCUT2D eigenvalue weighted by molar-refractivity contribution is 0.266. The third-order valence-electron chi connectivity index (χ3n) is 6.92. The van der Waals surface area contributed by atoms with Crippen molar-refractivity contribution in [2.75, 3.05) is 31.4 Å². The molecule has 7 nitrogen and oxygen atoms in total. The van der Waals surface area contributed by atoms with E-state index in [4.69, 9.17) is 0 Å². The number of nitrogens with one attached hydrogen (secondary N) is 1. The van der Waals surface area contributed by atoms with Crippen LogP contribution < -0.4 is 5.32 Å². The summed E-state index contributed by atoms with van der Waals surface area (Å²) in [5, 5.41) is 3.71. The van der Waals surface area contributed by atoms with E-state index < -0.39 is 15.5 Å². The summed E-state index contributed by atoms with van der Waals surface area (Å²) in [7, 11) is -0.138. The smallest absolute Gasteiger partial charge is 0.229 e. The number of aryl methyl sites for hydroxylation is 1. The zero-order valence-electron chi connectivity index (χ0n) is 20.7. The first-order chi connectivity index (χ1) is 17.2. The van der Waals surface area contributed by atoms with Gasteiger partial charge in [-0.25, -0.2) is 13.6 Å². The van der Waals surface area contributed by atoms with Crippen LogP contribution in [0.1, 0.15) is 35.4 Å². The van der Waals surface area contributed by atoms with Crippen molar-refractivity contribution in [3.63, 3.8) is 0 Å². The number of fused-ring (bicyclic) bond motifs is 1. The number of benzene rings is 2. The minimum atomic E-state index is -2.32. The fourth-order valence-electron chi connectivity index (χ4n) is 5.62. The molecule has 36 heavy (non-hydrogen) atoms. The minimum Gasteiger partial charge on any atom is -0.324 e. The van der Waals surface area contributed by atoms with E-state index in [9.17, 15) is 8.60 Å². The molecule has 0 amide bonds. The standard InChI is InChI=1S/C27H29FN6OS/c1-33-14-18-7-4-6-17-10-21(11-19(15-33)25(17)18)30-27-29-13-23-24(28)16-34(26(23)31-27)22-9-5-8-20(12-22)32-36(2,3)35/h5,8-13,16,18H,4,6-7,14-15H2,1-3H3,(H,29,30,31). The van der Waals surface area contributed by atoms with Crippen molar-refractivity contribution in [2.24, 2.45) is 4.36 Å². The first kappa shape index (κ1) is 23.1. The van der Waals surface area contributed by atoms with Gasteiger partial charge in [-0.1, -0.05) is 6.07 Å². The Balaban J connectivity index is 1.39. The molecule has 2 aromatic heterocycles. The minimum absolute atomic E-state index is 0.336. The number of likely N-dealkylation sites (N-methyl/N-ethyl adjacent to an activating group) is 1. The molecule has 0 saturated heterocycles. The third kappa shape index (κ3) is 4.37. The Bertz CT molecular complexity index is 1610. The van der Waals surface area contributed by atoms with E-state index >= 15 is 0 Å². The maximum Gasteiger partial charge on any atom is 0.229 e. The van der Waals surface area contributed by atoms with Crippen LogP contribution in [0.15, 0.2) is 53.2 Å². The maximum atomic E-state index is 14.8. The molecule has 0 spiro atoms. The Kier molecular flexibility index (Phi) is 5.57. The van der Waals surface area contributed by atoms with Gasteiger partial charge < -0.3 is 10.2 Å². The molecule has 186 valence electrons. The van der Waals surface area contributed by atoms with Crippen LogP contribution in [0.5, 0.6) is 0 Å². The Morgan fingerprint density at radius 1 is 1.19 bits per heavy atom. The van der Waals surface area contributed by atoms with Crippen molar-refractivity contribution in [1.29, 1.82) is 0 Å². The van der Waals surface area contributed by atoms with Gasteiger partial charge in [0.25, 0.3) is 0 Å². The van der Waals surface area contributed by atoms with E-state index in [-0.39, 0.29) is 0 Å². The van der Waals surface area contributed by atoms with E-state index in [2.05, 4.69) is 43.7 Å². The first-order valence-corrected chi connectivity index (χ1v) is 14.5. The molecule has 0 radical (unpaired) electrons. The van der Waals surface area contributed by atoms with Gasteiger partial charge in [-0.05, 0) is 79.3 Å². The molecular formula is C27H29FN6OS. The lowest BCUT2D eigenvalue weighted by atomic mass is 9.77. The second-order valence-corrected chi connectivity index (χ2v) is 12.7. The van der Waals surface area contributed by atoms with Crippen molar-refractivity contribution in [2.45, 2.75) is 31.7 Å². The molecule has 1 aliphatic carbocycles. The SMILES string of the molecule is CN1Cc2cc(Nc3ncc4c(F)cn(-c5cccc(N=S(C)(C)=O)c5)c4n3)cc3c2C(CCC3)C1. The van der Waals surface area contributed by atoms with E-state index in [1.54, 1.807) is 29.2 Å². The van der Waals surface area contributed by atoms with Gasteiger partial charge in [0.2, 0.25) is 5.95 Å². The average Bonchev–Trinajstić information content (AvgIpc) is 3.14. The molecule has 1 N–H and O–H groups in total. The van der Waals surface area contributed by atoms with Gasteiger partial charge in [0.1, 0.15) is 0 Å². The Morgan fingerprint density at radius 3 is 2.86 bits per heavy atom. The molecule has 9 heteroatoms. The predicted octanol–water partition coefficient (Wildman–Crippen LogP) is 5.53. The summed E-state index contributed by atoms with van der Waals surface area (Å²) >= 11 is 0. The van der Waals surface area contributed by atoms with Crippen molar-refractivity contribution in [3.8, 4) is 5.69 Å². The number of hydrogen-bond donors (Lipinski definition) is 1. The zero-order valence-corrected chi connectivity index (χ0v) is 21.5. The molecule has 1 unspecified atom stereocenters. The van der Waals surface area contributed by atoms with Gasteiger partial charge in [0.05, 0.1) is 11.1 Å². The van der Waals surface area contributed by atoms with Crippen LogP contribution >= 0.6 is 0 Å². The van der Waals surface area contributed by atoms with Crippen molar-refractivity contribution >= 4 is 38.1 Å². The summed E-state index contributed by atoms with van der Waals surface area (Å²) in [6.07, 6.45) is 9.64. The molecule has 1 aliphatic heterocycles. The molecule has 0 bridgehead atoms. The molecule has 2 aliphatic rings. The fraction of sp³-hybridized carbons (Fsp3) is 0.333. The van der Waals surface area contributed by atoms with E-state index in [1.807, 2.05) is 12.1 Å². The number of hydrogen-bond acceptors (Lipinski definition) is 6. The van der Waals surface area contributed by atoms with Crippen LogP contribution in [0.3, 0.4) is 0 Å². The van der Waals surface area contributed by atoms with E-state index in [1.165, 1.54) is 41.9 Å². The molecule has 1 atom stereocenters. The largest absolute Gasteiger partial charge is 0.324 e. The highest BCUT2D eigenvalue weighted by molar-refractivity contribution is 7.92. The normalized spacial score (nSPS) is 17.7. The quantitative estimate of drug-likeness (QED) is 0.396. The third-order valence-corrected chi connectivity index (χ3v) is 7.57. The Hall–Kier alpha value is -3.30. The summed E-state index contributed by atoms with van der Waals surface area (Å²) in [5.41, 5.74) is 6.99. The summed E-state index contributed by atoms with van der Waals surface area (Å²) < 4.78 is 32.9. The monoisotopic (exact) mass is 504 g/mol. The van der Waals surface area contributed by atoms with Crippen LogP contribution in [0.4, 0.5) is 21.7 Å². The van der Waals surface area contributed by atoms with Crippen LogP contribution in [-0.2, 0) is 22.7 Å². The van der Waals surface area contributed by atoms with Gasteiger partial charge in [-0.2, -0.15) is 9.35 Å². The summed E-state index contributed by atoms with van der Waals surface area (Å²) in [4.78, 5) is 11.5. The van der Waals surface area contributed by atoms with Gasteiger partial charge in [0, 0.05) is 59.1 Å². The zero-order chi connectivity index (χ0) is 25.0. The first-order valence-electron chi connectivity index (χ1n) is 12.2. The predicted molar refractivity (Wildman–Crippen MR) is 143 cm³/mol. The van der Waals surface area contributed by atoms with Crippen LogP contribution in [0.25, 0.3) is 16.7 Å². The molecule has 4 aromatic rings. The second kappa shape index (κ2) is 8.67. The molecule has 0 fully saturated rings. The van der Waals surface area contributed by atoms with Crippen LogP contribution in [-0.4, -0.2) is 49.7 Å². The van der Waals surface area contributed by atoms with Crippen molar-refractivity contribution in [3.05, 3.63) is 71.3 Å². The lowest BCUT2D eigenvalue weighted by Gasteiger charge is -2.37. The number of aromatic nitrogens is 3. The lowest BCUT2D eigenvalue weighted by Crippen LogP contribution is -2.33. The molecular weight excluding hydrogens is 475 g/mol. The number of halogens is 1. The van der Waals surface area contributed by atoms with Crippen LogP contribution in [0, 0.1) is 5.82 Å². The number of anilines is 2. The van der Waals surface area contributed by atoms with Crippen molar-refractivity contribution < 1.29 is 8.60 Å². The molecule has 6 rings (SSSR count). The van der Waals surface area contributed by atoms with E-state index in [0.29, 0.717) is 34.3 Å². The average molecular weight is 505 g/mol. The van der Waals surface area contributed by atoms with Gasteiger partial charge in [-0.3, -0.25) is 4.57 Å². The van der Waals surface area contributed by atoms with Gasteiger partial charge >= 0.3 is 0 Å². The highest BCUT2D eigenvalue weighted by Crippen LogP contribution is 2.40. The highest BCUT2D eigenvalue weighted by atomic mass is 32.2. The van der Waals surface area contributed by atoms with Gasteiger partial charge in [-0.15, -0.1) is 0 Å². The van der Waals surface area contributed by atoms with Crippen LogP contribution in [0.2, 0.25) is 0 Å². The molecule has 0 saturated carbocycles. The highest BCUT2D eigenvalue weighted by Gasteiger charge is 2.29. The number of nitrogens with zero attached hydrogens (tertiary/aromatic N) is 5. The summed E-state index contributed by atoms with van der Waals surface area (Å²) in [6, 6.07) is 11.7. The Morgan fingerprint density at radius 2 is 2.03 bits per heavy atom. The topological polar surface area (TPSA) is 75.4 Å². The van der Waals surface area contributed by atoms with Gasteiger partial charge in [0.15, 0.2) is 11.5 Å². The fourth-order valence-corrected chi connectivity index (χ4v) is 6.24. The van der Waals surface area contributed by atoms with Crippen molar-refractivity contribution in [1.82, 2.24) is 19.4 Å². The molecule has 3 heterocycles. The Labute approximate surface area is 210 Å². The summed E-state index contributed by atoms with van der Waals surface area (Å²) in [5.74, 6) is 0.629.